The van der Waals surface area contributed by atoms with Gasteiger partial charge in [0.15, 0.2) is 6.29 Å². The zero-order valence-corrected chi connectivity index (χ0v) is 22.5. The van der Waals surface area contributed by atoms with Crippen LogP contribution in [0.4, 0.5) is 0 Å². The predicted octanol–water partition coefficient (Wildman–Crippen LogP) is 5.90. The molecule has 1 saturated heterocycles. The molecule has 1 fully saturated rings. The van der Waals surface area contributed by atoms with Crippen LogP contribution >= 0.6 is 0 Å². The molecule has 6 nitrogen and oxygen atoms in total. The Morgan fingerprint density at radius 1 is 0.769 bits per heavy atom. The molecule has 0 aliphatic carbocycles. The van der Waals surface area contributed by atoms with Gasteiger partial charge in [-0.3, -0.25) is 0 Å². The van der Waals surface area contributed by atoms with E-state index in [-0.39, 0.29) is 31.3 Å². The van der Waals surface area contributed by atoms with E-state index < -0.39 is 24.6 Å². The van der Waals surface area contributed by atoms with Gasteiger partial charge in [-0.2, -0.15) is 0 Å². The lowest BCUT2D eigenvalue weighted by Gasteiger charge is -2.46. The first-order valence-electron chi connectivity index (χ1n) is 13.4. The van der Waals surface area contributed by atoms with Gasteiger partial charge >= 0.3 is 0 Å². The third-order valence-electron chi connectivity index (χ3n) is 6.64. The lowest BCUT2D eigenvalue weighted by Crippen LogP contribution is -2.58. The summed E-state index contributed by atoms with van der Waals surface area (Å²) in [6, 6.07) is 30.0. The summed E-state index contributed by atoms with van der Waals surface area (Å²) in [5.74, 6) is -0.331. The highest BCUT2D eigenvalue weighted by atomic mass is 16.7. The predicted molar refractivity (Wildman–Crippen MR) is 150 cm³/mol. The van der Waals surface area contributed by atoms with Gasteiger partial charge < -0.3 is 28.5 Å². The first kappa shape index (κ1) is 28.9. The highest BCUT2D eigenvalue weighted by Gasteiger charge is 2.48. The molecule has 0 amide bonds. The van der Waals surface area contributed by atoms with Crippen molar-refractivity contribution in [2.24, 2.45) is 5.92 Å². The zero-order chi connectivity index (χ0) is 27.3. The molecule has 1 aliphatic heterocycles. The van der Waals surface area contributed by atoms with Crippen LogP contribution in [0, 0.1) is 5.92 Å². The third kappa shape index (κ3) is 8.95. The van der Waals surface area contributed by atoms with E-state index in [1.165, 1.54) is 0 Å². The Hall–Kier alpha value is -3.13. The van der Waals surface area contributed by atoms with Gasteiger partial charge in [0.05, 0.1) is 39.1 Å². The average molecular weight is 531 g/mol. The van der Waals surface area contributed by atoms with Crippen LogP contribution in [0.3, 0.4) is 0 Å². The standard InChI is InChI=1S/C33H38O6/c1-3-19-36-33-29(20-25(2)34)31(37-22-27-15-9-5-10-16-27)32(38-23-28-17-11-6-12-18-28)30(39-33)24-35-21-26-13-7-4-8-14-26/h3-18,29-33H,1,19-24H2,2H3/t29-,30-,31-,32-,33-/m1/s1. The summed E-state index contributed by atoms with van der Waals surface area (Å²) >= 11 is 0. The van der Waals surface area contributed by atoms with Crippen molar-refractivity contribution in [2.75, 3.05) is 13.2 Å². The molecule has 0 aromatic heterocycles. The maximum atomic E-state index is 12.4. The number of Topliss-reactive ketones (excluding diaryl/α,β-unsaturated/α-hetero) is 1. The molecule has 3 aromatic rings. The molecule has 0 radical (unpaired) electrons. The molecule has 0 spiro atoms. The van der Waals surface area contributed by atoms with Gasteiger partial charge in [0.2, 0.25) is 0 Å². The second kappa shape index (κ2) is 15.5. The fourth-order valence-electron chi connectivity index (χ4n) is 4.79. The van der Waals surface area contributed by atoms with Crippen molar-refractivity contribution in [3.8, 4) is 0 Å². The van der Waals surface area contributed by atoms with Crippen molar-refractivity contribution in [2.45, 2.75) is 57.8 Å². The van der Waals surface area contributed by atoms with Crippen LogP contribution in [-0.2, 0) is 48.3 Å². The molecule has 206 valence electrons. The quantitative estimate of drug-likeness (QED) is 0.228. The largest absolute Gasteiger partial charge is 0.374 e. The lowest BCUT2D eigenvalue weighted by atomic mass is 9.86. The third-order valence-corrected chi connectivity index (χ3v) is 6.64. The molecule has 0 N–H and O–H groups in total. The van der Waals surface area contributed by atoms with Crippen LogP contribution in [-0.4, -0.2) is 43.6 Å². The smallest absolute Gasteiger partial charge is 0.164 e. The van der Waals surface area contributed by atoms with Crippen molar-refractivity contribution < 1.29 is 28.5 Å². The Kier molecular flexibility index (Phi) is 11.4. The molecular formula is C33H38O6. The second-order valence-electron chi connectivity index (χ2n) is 9.76. The fraction of sp³-hybridized carbons (Fsp3) is 0.364. The van der Waals surface area contributed by atoms with Crippen LogP contribution in [0.5, 0.6) is 0 Å². The minimum Gasteiger partial charge on any atom is -0.374 e. The zero-order valence-electron chi connectivity index (χ0n) is 22.5. The molecule has 4 rings (SSSR count). The van der Waals surface area contributed by atoms with E-state index in [2.05, 4.69) is 6.58 Å². The Bertz CT molecular complexity index is 1120. The SMILES string of the molecule is C=CCO[C@@H]1O[C@H](COCc2ccccc2)[C@@H](OCc2ccccc2)[C@H](OCc2ccccc2)[C@H]1CC(C)=O. The molecule has 6 heteroatoms. The highest BCUT2D eigenvalue weighted by Crippen LogP contribution is 2.35. The summed E-state index contributed by atoms with van der Waals surface area (Å²) in [7, 11) is 0. The number of hydrogen-bond donors (Lipinski definition) is 0. The Balaban J connectivity index is 1.59. The average Bonchev–Trinajstić information content (AvgIpc) is 2.96. The summed E-state index contributed by atoms with van der Waals surface area (Å²) in [4.78, 5) is 12.4. The number of ether oxygens (including phenoxy) is 5. The van der Waals surface area contributed by atoms with E-state index in [0.717, 1.165) is 16.7 Å². The number of rotatable bonds is 15. The number of carbonyl (C=O) groups is 1. The van der Waals surface area contributed by atoms with Crippen molar-refractivity contribution >= 4 is 5.78 Å². The highest BCUT2D eigenvalue weighted by molar-refractivity contribution is 5.75. The van der Waals surface area contributed by atoms with Gasteiger partial charge in [0.1, 0.15) is 18.0 Å². The van der Waals surface area contributed by atoms with E-state index in [1.54, 1.807) is 13.0 Å². The van der Waals surface area contributed by atoms with Gasteiger partial charge in [0, 0.05) is 12.3 Å². The van der Waals surface area contributed by atoms with Gasteiger partial charge in [0.25, 0.3) is 0 Å². The lowest BCUT2D eigenvalue weighted by molar-refractivity contribution is -0.303. The van der Waals surface area contributed by atoms with Gasteiger partial charge in [-0.15, -0.1) is 6.58 Å². The Morgan fingerprint density at radius 3 is 1.79 bits per heavy atom. The summed E-state index contributed by atoms with van der Waals surface area (Å²) in [5.41, 5.74) is 3.14. The molecular weight excluding hydrogens is 492 g/mol. The number of ketones is 1. The van der Waals surface area contributed by atoms with Crippen LogP contribution in [0.1, 0.15) is 30.0 Å². The summed E-state index contributed by atoms with van der Waals surface area (Å²) in [6.07, 6.45) is -0.188. The van der Waals surface area contributed by atoms with Crippen molar-refractivity contribution in [1.29, 1.82) is 0 Å². The van der Waals surface area contributed by atoms with E-state index in [1.807, 2.05) is 91.0 Å². The molecule has 3 aromatic carbocycles. The van der Waals surface area contributed by atoms with Crippen LogP contribution in [0.15, 0.2) is 104 Å². The molecule has 0 bridgehead atoms. The van der Waals surface area contributed by atoms with Gasteiger partial charge in [-0.25, -0.2) is 0 Å². The first-order valence-corrected chi connectivity index (χ1v) is 13.4. The first-order chi connectivity index (χ1) is 19.1. The van der Waals surface area contributed by atoms with Gasteiger partial charge in [-0.1, -0.05) is 97.1 Å². The molecule has 0 saturated carbocycles. The monoisotopic (exact) mass is 530 g/mol. The van der Waals surface area contributed by atoms with E-state index in [9.17, 15) is 4.79 Å². The molecule has 0 unspecified atom stereocenters. The molecule has 1 heterocycles. The normalized spacial score (nSPS) is 22.8. The van der Waals surface area contributed by atoms with Crippen molar-refractivity contribution in [1.82, 2.24) is 0 Å². The summed E-state index contributed by atoms with van der Waals surface area (Å²) in [5, 5.41) is 0. The summed E-state index contributed by atoms with van der Waals surface area (Å²) < 4.78 is 31.7. The van der Waals surface area contributed by atoms with Crippen LogP contribution in [0.25, 0.3) is 0 Å². The van der Waals surface area contributed by atoms with Crippen molar-refractivity contribution in [3.05, 3.63) is 120 Å². The fourth-order valence-corrected chi connectivity index (χ4v) is 4.79. The molecule has 39 heavy (non-hydrogen) atoms. The van der Waals surface area contributed by atoms with E-state index >= 15 is 0 Å². The second-order valence-corrected chi connectivity index (χ2v) is 9.76. The Labute approximate surface area is 231 Å². The Morgan fingerprint density at radius 2 is 1.28 bits per heavy atom. The number of benzene rings is 3. The topological polar surface area (TPSA) is 63.2 Å². The number of hydrogen-bond acceptors (Lipinski definition) is 6. The molecule has 5 atom stereocenters. The maximum Gasteiger partial charge on any atom is 0.164 e. The van der Waals surface area contributed by atoms with Gasteiger partial charge in [-0.05, 0) is 23.6 Å². The van der Waals surface area contributed by atoms with Crippen LogP contribution < -0.4 is 0 Å². The summed E-state index contributed by atoms with van der Waals surface area (Å²) in [6.45, 7) is 7.11. The van der Waals surface area contributed by atoms with E-state index in [4.69, 9.17) is 23.7 Å². The van der Waals surface area contributed by atoms with Crippen LogP contribution in [0.2, 0.25) is 0 Å². The maximum absolute atomic E-state index is 12.4. The molecule has 1 aliphatic rings. The van der Waals surface area contributed by atoms with Crippen molar-refractivity contribution in [3.63, 3.8) is 0 Å². The minimum absolute atomic E-state index is 0.0321. The van der Waals surface area contributed by atoms with E-state index in [0.29, 0.717) is 19.8 Å². The minimum atomic E-state index is -0.672. The number of carbonyl (C=O) groups excluding carboxylic acids is 1.